The third-order valence-corrected chi connectivity index (χ3v) is 5.36. The number of carbonyl (C=O) groups excluding carboxylic acids is 1. The molecule has 3 heterocycles. The van der Waals surface area contributed by atoms with Crippen LogP contribution in [0.3, 0.4) is 0 Å². The molecule has 12 nitrogen and oxygen atoms in total. The van der Waals surface area contributed by atoms with Crippen molar-refractivity contribution in [1.82, 2.24) is 14.5 Å². The minimum Gasteiger partial charge on any atom is -0.462 e. The number of nitrogens with zero attached hydrogens (tertiary/aromatic N) is 2. The first-order chi connectivity index (χ1) is 15.4. The van der Waals surface area contributed by atoms with E-state index in [4.69, 9.17) is 20.4 Å². The molecule has 0 unspecified atom stereocenters. The molecule has 0 radical (unpaired) electrons. The van der Waals surface area contributed by atoms with E-state index in [1.807, 2.05) is 24.3 Å². The average molecular weight is 445 g/mol. The molecule has 0 bridgehead atoms. The van der Waals surface area contributed by atoms with Gasteiger partial charge in [-0.2, -0.15) is 4.98 Å². The second-order valence-corrected chi connectivity index (χ2v) is 7.46. The van der Waals surface area contributed by atoms with Crippen LogP contribution in [-0.4, -0.2) is 66.9 Å². The Kier molecular flexibility index (Phi) is 6.21. The Labute approximate surface area is 181 Å². The Balaban J connectivity index is 1.37. The molecule has 0 amide bonds. The first-order valence-electron chi connectivity index (χ1n) is 9.87. The summed E-state index contributed by atoms with van der Waals surface area (Å²) >= 11 is 0. The summed E-state index contributed by atoms with van der Waals surface area (Å²) in [6, 6.07) is 7.95. The summed E-state index contributed by atoms with van der Waals surface area (Å²) < 4.78 is 11.7. The van der Waals surface area contributed by atoms with Crippen molar-refractivity contribution in [1.29, 1.82) is 0 Å². The molecule has 7 N–H and O–H groups in total. The van der Waals surface area contributed by atoms with Gasteiger partial charge in [0.1, 0.15) is 31.0 Å². The summed E-state index contributed by atoms with van der Waals surface area (Å²) in [4.78, 5) is 31.1. The van der Waals surface area contributed by atoms with Gasteiger partial charge in [-0.15, -0.1) is 0 Å². The van der Waals surface area contributed by atoms with Gasteiger partial charge in [0.25, 0.3) is 0 Å². The molecule has 1 fully saturated rings. The van der Waals surface area contributed by atoms with Crippen LogP contribution in [0.4, 0.5) is 5.82 Å². The van der Waals surface area contributed by atoms with Gasteiger partial charge in [0.05, 0.1) is 0 Å². The van der Waals surface area contributed by atoms with Crippen molar-refractivity contribution in [2.75, 3.05) is 12.1 Å². The number of ether oxygens (including phenoxy) is 2. The standard InChI is InChI=1S/C20H23N5O7/c21-12(7-10-8-22-13-4-2-1-3-11(10)13)19(28)31-9-14-16(26)17(27)18(32-14)25-6-5-15(24-30)23-20(25)29/h1-6,8,12,14,16-18,22,26-27,30H,7,9,21H2,(H,23,24,29)/t12-,14+,16+,17+,18+/m0/s1. The number of benzene rings is 1. The Morgan fingerprint density at radius 2 is 2.09 bits per heavy atom. The van der Waals surface area contributed by atoms with Gasteiger partial charge >= 0.3 is 11.7 Å². The van der Waals surface area contributed by atoms with E-state index in [0.29, 0.717) is 0 Å². The fourth-order valence-corrected chi connectivity index (χ4v) is 3.66. The Bertz CT molecular complexity index is 1160. The van der Waals surface area contributed by atoms with E-state index in [1.165, 1.54) is 12.3 Å². The van der Waals surface area contributed by atoms with Crippen LogP contribution in [0.15, 0.2) is 47.5 Å². The predicted molar refractivity (Wildman–Crippen MR) is 111 cm³/mol. The van der Waals surface area contributed by atoms with Crippen LogP contribution in [0.5, 0.6) is 0 Å². The van der Waals surface area contributed by atoms with E-state index in [2.05, 4.69) is 9.97 Å². The number of hydrogen-bond acceptors (Lipinski definition) is 10. The molecule has 0 spiro atoms. The zero-order chi connectivity index (χ0) is 22.8. The summed E-state index contributed by atoms with van der Waals surface area (Å²) in [6.07, 6.45) is -1.95. The minimum atomic E-state index is -1.47. The topological polar surface area (TPSA) is 185 Å². The summed E-state index contributed by atoms with van der Waals surface area (Å²) in [5, 5.41) is 30.3. The number of nitrogens with one attached hydrogen (secondary N) is 2. The number of H-pyrrole nitrogens is 1. The quantitative estimate of drug-likeness (QED) is 0.200. The smallest absolute Gasteiger partial charge is 0.351 e. The van der Waals surface area contributed by atoms with Gasteiger partial charge < -0.3 is 30.4 Å². The number of hydrogen-bond donors (Lipinski definition) is 6. The molecule has 1 aromatic carbocycles. The van der Waals surface area contributed by atoms with Crippen molar-refractivity contribution >= 4 is 22.7 Å². The number of para-hydroxylation sites is 1. The molecule has 1 saturated heterocycles. The summed E-state index contributed by atoms with van der Waals surface area (Å²) in [6.45, 7) is -0.367. The maximum atomic E-state index is 12.4. The number of aliphatic hydroxyl groups is 2. The van der Waals surface area contributed by atoms with Crippen LogP contribution < -0.4 is 16.9 Å². The van der Waals surface area contributed by atoms with Crippen molar-refractivity contribution in [2.45, 2.75) is 37.0 Å². The van der Waals surface area contributed by atoms with Gasteiger partial charge in [-0.1, -0.05) is 18.2 Å². The maximum Gasteiger partial charge on any atom is 0.351 e. The first kappa shape index (κ1) is 21.9. The number of aromatic amines is 1. The highest BCUT2D eigenvalue weighted by Gasteiger charge is 2.44. The number of aromatic nitrogens is 3. The molecule has 0 aliphatic carbocycles. The zero-order valence-electron chi connectivity index (χ0n) is 16.8. The van der Waals surface area contributed by atoms with Crippen molar-refractivity contribution in [3.05, 3.63) is 58.8 Å². The average Bonchev–Trinajstić information content (AvgIpc) is 3.33. The van der Waals surface area contributed by atoms with Crippen molar-refractivity contribution in [2.24, 2.45) is 5.73 Å². The fraction of sp³-hybridized carbons (Fsp3) is 0.350. The molecular formula is C20H23N5O7. The molecule has 1 aliphatic rings. The second kappa shape index (κ2) is 9.06. The first-order valence-corrected chi connectivity index (χ1v) is 9.87. The van der Waals surface area contributed by atoms with Crippen LogP contribution in [0.1, 0.15) is 11.8 Å². The fourth-order valence-electron chi connectivity index (χ4n) is 3.66. The van der Waals surface area contributed by atoms with Crippen molar-refractivity contribution in [3.63, 3.8) is 0 Å². The monoisotopic (exact) mass is 445 g/mol. The highest BCUT2D eigenvalue weighted by molar-refractivity contribution is 5.84. The molecular weight excluding hydrogens is 422 g/mol. The van der Waals surface area contributed by atoms with E-state index in [-0.39, 0.29) is 18.8 Å². The van der Waals surface area contributed by atoms with E-state index in [9.17, 15) is 19.8 Å². The maximum absolute atomic E-state index is 12.4. The molecule has 12 heteroatoms. The number of anilines is 1. The highest BCUT2D eigenvalue weighted by Crippen LogP contribution is 2.29. The third-order valence-electron chi connectivity index (χ3n) is 5.36. The lowest BCUT2D eigenvalue weighted by Gasteiger charge is -2.17. The number of nitrogens with two attached hydrogens (primary N) is 1. The van der Waals surface area contributed by atoms with Crippen molar-refractivity contribution < 1.29 is 29.7 Å². The second-order valence-electron chi connectivity index (χ2n) is 7.46. The SMILES string of the molecule is N[C@@H](Cc1c[nH]c2ccccc12)C(=O)OC[C@H]1O[C@@H](n2ccc(NO)nc2=O)[C@H](O)[C@@H]1O. The van der Waals surface area contributed by atoms with Gasteiger partial charge in [-0.05, 0) is 17.7 Å². The van der Waals surface area contributed by atoms with Gasteiger partial charge in [-0.25, -0.2) is 4.79 Å². The Morgan fingerprint density at radius 3 is 2.84 bits per heavy atom. The molecule has 4 rings (SSSR count). The molecule has 0 saturated carbocycles. The minimum absolute atomic E-state index is 0.0889. The molecule has 170 valence electrons. The third kappa shape index (κ3) is 4.22. The van der Waals surface area contributed by atoms with E-state index in [1.54, 1.807) is 11.7 Å². The van der Waals surface area contributed by atoms with E-state index in [0.717, 1.165) is 21.0 Å². The highest BCUT2D eigenvalue weighted by atomic mass is 16.6. The number of rotatable bonds is 7. The summed E-state index contributed by atoms with van der Waals surface area (Å²) in [5.74, 6) is -0.782. The van der Waals surface area contributed by atoms with Gasteiger partial charge in [0, 0.05) is 29.7 Å². The molecule has 3 aromatic rings. The van der Waals surface area contributed by atoms with Crippen LogP contribution in [0.2, 0.25) is 0 Å². The zero-order valence-corrected chi connectivity index (χ0v) is 16.8. The largest absolute Gasteiger partial charge is 0.462 e. The molecule has 2 aromatic heterocycles. The number of carbonyl (C=O) groups is 1. The number of esters is 1. The summed E-state index contributed by atoms with van der Waals surface area (Å²) in [7, 11) is 0. The van der Waals surface area contributed by atoms with E-state index >= 15 is 0 Å². The lowest BCUT2D eigenvalue weighted by Crippen LogP contribution is -2.39. The molecule has 1 aliphatic heterocycles. The van der Waals surface area contributed by atoms with Gasteiger partial charge in [-0.3, -0.25) is 20.0 Å². The van der Waals surface area contributed by atoms with E-state index < -0.39 is 42.2 Å². The normalized spacial score (nSPS) is 23.9. The number of fused-ring (bicyclic) bond motifs is 1. The van der Waals surface area contributed by atoms with Crippen LogP contribution in [-0.2, 0) is 20.7 Å². The van der Waals surface area contributed by atoms with Crippen LogP contribution >= 0.6 is 0 Å². The Hall–Kier alpha value is -3.29. The van der Waals surface area contributed by atoms with Crippen molar-refractivity contribution in [3.8, 4) is 0 Å². The van der Waals surface area contributed by atoms with Crippen LogP contribution in [0, 0.1) is 0 Å². The van der Waals surface area contributed by atoms with Crippen LogP contribution in [0.25, 0.3) is 10.9 Å². The Morgan fingerprint density at radius 1 is 1.31 bits per heavy atom. The molecule has 5 atom stereocenters. The van der Waals surface area contributed by atoms with Gasteiger partial charge in [0.2, 0.25) is 0 Å². The predicted octanol–water partition coefficient (Wildman–Crippen LogP) is -0.742. The lowest BCUT2D eigenvalue weighted by atomic mass is 10.1. The summed E-state index contributed by atoms with van der Waals surface area (Å²) in [5.41, 5.74) is 8.70. The lowest BCUT2D eigenvalue weighted by molar-refractivity contribution is -0.151. The number of aliphatic hydroxyl groups excluding tert-OH is 2. The van der Waals surface area contributed by atoms with Gasteiger partial charge in [0.15, 0.2) is 12.0 Å². The molecule has 32 heavy (non-hydrogen) atoms.